The maximum atomic E-state index is 12.5. The van der Waals surface area contributed by atoms with Crippen LogP contribution in [0.1, 0.15) is 17.5 Å². The van der Waals surface area contributed by atoms with Crippen LogP contribution in [-0.4, -0.2) is 11.0 Å². The van der Waals surface area contributed by atoms with Crippen LogP contribution in [0.5, 0.6) is 0 Å². The van der Waals surface area contributed by atoms with Crippen LogP contribution in [0.15, 0.2) is 30.5 Å². The van der Waals surface area contributed by atoms with E-state index in [1.165, 1.54) is 6.20 Å². The summed E-state index contributed by atoms with van der Waals surface area (Å²) in [5.41, 5.74) is 7.50. The lowest BCUT2D eigenvalue weighted by molar-refractivity contribution is -0.137. The first-order valence-electron chi connectivity index (χ1n) is 5.74. The lowest BCUT2D eigenvalue weighted by atomic mass is 10.1. The maximum Gasteiger partial charge on any atom is 0.443 e. The van der Waals surface area contributed by atoms with E-state index in [0.717, 1.165) is 17.5 Å². The van der Waals surface area contributed by atoms with Gasteiger partial charge in [0.1, 0.15) is 0 Å². The summed E-state index contributed by atoms with van der Waals surface area (Å²) in [6.45, 7) is 1.91. The van der Waals surface area contributed by atoms with Gasteiger partial charge in [0, 0.05) is 12.2 Å². The molecule has 0 fully saturated rings. The van der Waals surface area contributed by atoms with Crippen LogP contribution in [0.4, 0.5) is 13.2 Å². The first kappa shape index (κ1) is 14.0. The Labute approximate surface area is 113 Å². The van der Waals surface area contributed by atoms with Gasteiger partial charge in [-0.2, -0.15) is 13.2 Å². The van der Waals surface area contributed by atoms with E-state index in [-0.39, 0.29) is 6.04 Å². The molecule has 2 rings (SSSR count). The Morgan fingerprint density at radius 2 is 1.89 bits per heavy atom. The summed E-state index contributed by atoms with van der Waals surface area (Å²) in [7, 11) is 0. The van der Waals surface area contributed by atoms with Crippen molar-refractivity contribution in [3.63, 3.8) is 0 Å². The quantitative estimate of drug-likeness (QED) is 0.934. The van der Waals surface area contributed by atoms with Crippen LogP contribution in [0.3, 0.4) is 0 Å². The standard InChI is InChI=1S/C13H13F3N2S/c1-8(17)6-9-2-4-10(5-3-9)11-7-18-12(19-11)13(14,15)16/h2-5,7-8H,6,17H2,1H3. The molecule has 1 atom stereocenters. The van der Waals surface area contributed by atoms with E-state index in [4.69, 9.17) is 5.73 Å². The second kappa shape index (κ2) is 5.30. The molecule has 0 spiro atoms. The minimum absolute atomic E-state index is 0.0612. The molecule has 2 aromatic rings. The highest BCUT2D eigenvalue weighted by atomic mass is 32.1. The van der Waals surface area contributed by atoms with Crippen LogP contribution in [-0.2, 0) is 12.6 Å². The van der Waals surface area contributed by atoms with Crippen molar-refractivity contribution in [3.8, 4) is 10.4 Å². The molecule has 2 nitrogen and oxygen atoms in total. The minimum atomic E-state index is -4.38. The average molecular weight is 286 g/mol. The van der Waals surface area contributed by atoms with E-state index in [1.54, 1.807) is 12.1 Å². The fourth-order valence-corrected chi connectivity index (χ4v) is 2.50. The second-order valence-electron chi connectivity index (χ2n) is 4.41. The van der Waals surface area contributed by atoms with Crippen molar-refractivity contribution in [2.75, 3.05) is 0 Å². The number of halogens is 3. The predicted octanol–water partition coefficient (Wildman–Crippen LogP) is 3.72. The van der Waals surface area contributed by atoms with Crippen molar-refractivity contribution in [3.05, 3.63) is 41.0 Å². The summed E-state index contributed by atoms with van der Waals surface area (Å²) in [4.78, 5) is 3.92. The molecular weight excluding hydrogens is 273 g/mol. The second-order valence-corrected chi connectivity index (χ2v) is 5.44. The number of rotatable bonds is 3. The summed E-state index contributed by atoms with van der Waals surface area (Å²) in [5, 5.41) is -0.817. The molecule has 1 aromatic heterocycles. The molecule has 0 aliphatic carbocycles. The van der Waals surface area contributed by atoms with Crippen LogP contribution < -0.4 is 5.73 Å². The number of hydrogen-bond acceptors (Lipinski definition) is 3. The lowest BCUT2D eigenvalue weighted by Crippen LogP contribution is -2.17. The van der Waals surface area contributed by atoms with Gasteiger partial charge < -0.3 is 5.73 Å². The molecule has 19 heavy (non-hydrogen) atoms. The SMILES string of the molecule is CC(N)Cc1ccc(-c2cnc(C(F)(F)F)s2)cc1. The molecule has 1 aromatic carbocycles. The monoisotopic (exact) mass is 286 g/mol. The van der Waals surface area contributed by atoms with E-state index < -0.39 is 11.2 Å². The van der Waals surface area contributed by atoms with Gasteiger partial charge in [-0.3, -0.25) is 0 Å². The molecule has 102 valence electrons. The molecular formula is C13H13F3N2S. The maximum absolute atomic E-state index is 12.5. The van der Waals surface area contributed by atoms with Crippen molar-refractivity contribution in [2.45, 2.75) is 25.6 Å². The van der Waals surface area contributed by atoms with Gasteiger partial charge in [-0.05, 0) is 24.5 Å². The van der Waals surface area contributed by atoms with E-state index in [9.17, 15) is 13.2 Å². The third-order valence-electron chi connectivity index (χ3n) is 2.54. The molecule has 0 radical (unpaired) electrons. The fourth-order valence-electron chi connectivity index (χ4n) is 1.72. The smallest absolute Gasteiger partial charge is 0.328 e. The van der Waals surface area contributed by atoms with Gasteiger partial charge in [-0.15, -0.1) is 11.3 Å². The molecule has 6 heteroatoms. The Kier molecular flexibility index (Phi) is 3.91. The predicted molar refractivity (Wildman–Crippen MR) is 69.9 cm³/mol. The van der Waals surface area contributed by atoms with Crippen molar-refractivity contribution in [1.82, 2.24) is 4.98 Å². The summed E-state index contributed by atoms with van der Waals surface area (Å²) in [6.07, 6.45) is -2.37. The molecule has 2 N–H and O–H groups in total. The van der Waals surface area contributed by atoms with E-state index in [0.29, 0.717) is 16.2 Å². The van der Waals surface area contributed by atoms with Crippen LogP contribution in [0, 0.1) is 0 Å². The van der Waals surface area contributed by atoms with Gasteiger partial charge in [-0.25, -0.2) is 4.98 Å². The first-order chi connectivity index (χ1) is 8.86. The zero-order valence-electron chi connectivity index (χ0n) is 10.2. The van der Waals surface area contributed by atoms with Gasteiger partial charge in [-0.1, -0.05) is 24.3 Å². The van der Waals surface area contributed by atoms with Gasteiger partial charge in [0.25, 0.3) is 0 Å². The topological polar surface area (TPSA) is 38.9 Å². The van der Waals surface area contributed by atoms with Gasteiger partial charge in [0.15, 0.2) is 5.01 Å². The average Bonchev–Trinajstić information content (AvgIpc) is 2.78. The Bertz CT molecular complexity index is 544. The third-order valence-corrected chi connectivity index (χ3v) is 3.64. The number of nitrogens with zero attached hydrogens (tertiary/aromatic N) is 1. The number of thiazole rings is 1. The Balaban J connectivity index is 2.20. The van der Waals surface area contributed by atoms with Crippen LogP contribution in [0.25, 0.3) is 10.4 Å². The highest BCUT2D eigenvalue weighted by Crippen LogP contribution is 2.36. The van der Waals surface area contributed by atoms with Gasteiger partial charge in [0.2, 0.25) is 0 Å². The van der Waals surface area contributed by atoms with Crippen molar-refractivity contribution >= 4 is 11.3 Å². The largest absolute Gasteiger partial charge is 0.443 e. The normalized spacial score (nSPS) is 13.5. The van der Waals surface area contributed by atoms with Gasteiger partial charge >= 0.3 is 6.18 Å². The Morgan fingerprint density at radius 1 is 1.26 bits per heavy atom. The molecule has 0 aliphatic heterocycles. The molecule has 1 unspecified atom stereocenters. The Morgan fingerprint density at radius 3 is 2.37 bits per heavy atom. The van der Waals surface area contributed by atoms with Crippen molar-refractivity contribution in [2.24, 2.45) is 5.73 Å². The molecule has 0 amide bonds. The summed E-state index contributed by atoms with van der Waals surface area (Å²) in [5.74, 6) is 0. The number of nitrogens with two attached hydrogens (primary N) is 1. The zero-order valence-corrected chi connectivity index (χ0v) is 11.1. The van der Waals surface area contributed by atoms with E-state index in [2.05, 4.69) is 4.98 Å². The first-order valence-corrected chi connectivity index (χ1v) is 6.56. The van der Waals surface area contributed by atoms with E-state index >= 15 is 0 Å². The minimum Gasteiger partial charge on any atom is -0.328 e. The van der Waals surface area contributed by atoms with Gasteiger partial charge in [0.05, 0.1) is 4.88 Å². The highest BCUT2D eigenvalue weighted by molar-refractivity contribution is 7.15. The van der Waals surface area contributed by atoms with Crippen LogP contribution in [0.2, 0.25) is 0 Å². The fraction of sp³-hybridized carbons (Fsp3) is 0.308. The molecule has 0 aliphatic rings. The number of alkyl halides is 3. The van der Waals surface area contributed by atoms with E-state index in [1.807, 2.05) is 19.1 Å². The lowest BCUT2D eigenvalue weighted by Gasteiger charge is -2.05. The number of aromatic nitrogens is 1. The zero-order chi connectivity index (χ0) is 14.0. The number of benzene rings is 1. The summed E-state index contributed by atoms with van der Waals surface area (Å²) in [6, 6.07) is 7.42. The van der Waals surface area contributed by atoms with Crippen LogP contribution >= 0.6 is 11.3 Å². The van der Waals surface area contributed by atoms with Crippen molar-refractivity contribution in [1.29, 1.82) is 0 Å². The summed E-state index contributed by atoms with van der Waals surface area (Å²) >= 11 is 0.652. The summed E-state index contributed by atoms with van der Waals surface area (Å²) < 4.78 is 37.4. The molecule has 0 bridgehead atoms. The molecule has 0 saturated carbocycles. The molecule has 0 saturated heterocycles. The highest BCUT2D eigenvalue weighted by Gasteiger charge is 2.34. The molecule has 1 heterocycles. The Hall–Kier alpha value is -1.40. The van der Waals surface area contributed by atoms with Crippen molar-refractivity contribution < 1.29 is 13.2 Å². The third kappa shape index (κ3) is 3.54. The number of hydrogen-bond donors (Lipinski definition) is 1.